The minimum Gasteiger partial charge on any atom is -0.449 e. The van der Waals surface area contributed by atoms with Crippen molar-refractivity contribution in [3.05, 3.63) is 51.7 Å². The molecule has 1 fully saturated rings. The molecule has 1 aromatic carbocycles. The Morgan fingerprint density at radius 3 is 2.50 bits per heavy atom. The van der Waals surface area contributed by atoms with Crippen LogP contribution in [0.25, 0.3) is 0 Å². The van der Waals surface area contributed by atoms with E-state index in [1.807, 2.05) is 6.92 Å². The van der Waals surface area contributed by atoms with Crippen molar-refractivity contribution in [3.8, 4) is 0 Å². The average molecular weight is 433 g/mol. The van der Waals surface area contributed by atoms with E-state index in [0.29, 0.717) is 23.5 Å². The van der Waals surface area contributed by atoms with Crippen molar-refractivity contribution in [1.29, 1.82) is 0 Å². The van der Waals surface area contributed by atoms with Crippen LogP contribution < -0.4 is 10.6 Å². The average Bonchev–Trinajstić information content (AvgIpc) is 3.50. The molecule has 0 bridgehead atoms. The van der Waals surface area contributed by atoms with Crippen LogP contribution in [0.15, 0.2) is 24.3 Å². The van der Waals surface area contributed by atoms with Crippen molar-refractivity contribution in [3.63, 3.8) is 0 Å². The van der Waals surface area contributed by atoms with E-state index in [0.717, 1.165) is 28.8 Å². The molecule has 2 aromatic rings. The molecule has 6 nitrogen and oxygen atoms in total. The first-order valence-electron chi connectivity index (χ1n) is 9.90. The monoisotopic (exact) mass is 432 g/mol. The molecule has 1 heterocycles. The third kappa shape index (κ3) is 5.44. The minimum atomic E-state index is -0.989. The van der Waals surface area contributed by atoms with Gasteiger partial charge in [-0.3, -0.25) is 9.59 Å². The first-order valence-corrected chi connectivity index (χ1v) is 10.7. The second-order valence-corrected chi connectivity index (χ2v) is 8.69. The Kier molecular flexibility index (Phi) is 6.87. The second kappa shape index (κ2) is 9.38. The van der Waals surface area contributed by atoms with Crippen LogP contribution in [0.4, 0.5) is 9.39 Å². The number of hydrogen-bond acceptors (Lipinski definition) is 5. The maximum atomic E-state index is 12.9. The highest BCUT2D eigenvalue weighted by Crippen LogP contribution is 2.36. The predicted molar refractivity (Wildman–Crippen MR) is 113 cm³/mol. The van der Waals surface area contributed by atoms with Gasteiger partial charge < -0.3 is 15.4 Å². The van der Waals surface area contributed by atoms with E-state index in [2.05, 4.69) is 10.6 Å². The van der Waals surface area contributed by atoms with Gasteiger partial charge in [-0.2, -0.15) is 0 Å². The molecule has 2 N–H and O–H groups in total. The Hall–Kier alpha value is -2.74. The highest BCUT2D eigenvalue weighted by Gasteiger charge is 2.32. The van der Waals surface area contributed by atoms with Gasteiger partial charge in [-0.25, -0.2) is 9.18 Å². The summed E-state index contributed by atoms with van der Waals surface area (Å²) in [7, 11) is 0. The summed E-state index contributed by atoms with van der Waals surface area (Å²) < 4.78 is 18.3. The Bertz CT molecular complexity index is 951. The molecule has 30 heavy (non-hydrogen) atoms. The van der Waals surface area contributed by atoms with E-state index < -0.39 is 18.0 Å². The summed E-state index contributed by atoms with van der Waals surface area (Å²) in [5, 5.41) is 6.01. The van der Waals surface area contributed by atoms with Gasteiger partial charge in [0.2, 0.25) is 5.91 Å². The Morgan fingerprint density at radius 1 is 1.20 bits per heavy atom. The zero-order valence-electron chi connectivity index (χ0n) is 17.2. The van der Waals surface area contributed by atoms with E-state index in [1.54, 1.807) is 19.1 Å². The summed E-state index contributed by atoms with van der Waals surface area (Å²) in [6.45, 7) is 5.51. The molecule has 0 aliphatic heterocycles. The van der Waals surface area contributed by atoms with Gasteiger partial charge in [0.05, 0.1) is 5.56 Å². The van der Waals surface area contributed by atoms with Crippen LogP contribution in [-0.4, -0.2) is 30.4 Å². The van der Waals surface area contributed by atoms with E-state index in [4.69, 9.17) is 4.74 Å². The molecular formula is C22H25FN2O4S. The quantitative estimate of drug-likeness (QED) is 0.622. The fraction of sp³-hybridized carbons (Fsp3) is 0.409. The van der Waals surface area contributed by atoms with Crippen LogP contribution in [0.5, 0.6) is 0 Å². The first kappa shape index (κ1) is 22.0. The van der Waals surface area contributed by atoms with Crippen LogP contribution in [0, 0.1) is 25.6 Å². The van der Waals surface area contributed by atoms with Crippen molar-refractivity contribution in [2.24, 2.45) is 5.92 Å². The Balaban J connectivity index is 1.56. The summed E-state index contributed by atoms with van der Waals surface area (Å²) >= 11 is 1.33. The number of benzene rings is 1. The van der Waals surface area contributed by atoms with Gasteiger partial charge >= 0.3 is 5.97 Å². The Labute approximate surface area is 178 Å². The standard InChI is InChI=1S/C22H25FN2O4S/c1-12-14(3)30-21(25-20(27)16-6-7-16)18(12)22(28)29-13(2)19(26)24-11-10-15-4-8-17(23)9-5-15/h4-5,8-9,13,16H,6-7,10-11H2,1-3H3,(H,24,26)(H,25,27). The van der Waals surface area contributed by atoms with E-state index in [-0.39, 0.29) is 17.6 Å². The number of rotatable bonds is 8. The molecule has 1 aromatic heterocycles. The summed E-state index contributed by atoms with van der Waals surface area (Å²) in [6, 6.07) is 6.05. The van der Waals surface area contributed by atoms with Gasteiger partial charge in [0.1, 0.15) is 10.8 Å². The molecule has 1 saturated carbocycles. The summed E-state index contributed by atoms with van der Waals surface area (Å²) in [4.78, 5) is 38.0. The number of aryl methyl sites for hydroxylation is 1. The number of carbonyl (C=O) groups is 3. The predicted octanol–water partition coefficient (Wildman–Crippen LogP) is 3.76. The van der Waals surface area contributed by atoms with Crippen molar-refractivity contribution >= 4 is 34.1 Å². The van der Waals surface area contributed by atoms with E-state index >= 15 is 0 Å². The smallest absolute Gasteiger partial charge is 0.342 e. The molecule has 1 unspecified atom stereocenters. The minimum absolute atomic E-state index is 0.0161. The van der Waals surface area contributed by atoms with Crippen LogP contribution in [0.3, 0.4) is 0 Å². The van der Waals surface area contributed by atoms with Gasteiger partial charge in [0, 0.05) is 17.3 Å². The molecule has 0 saturated heterocycles. The van der Waals surface area contributed by atoms with Gasteiger partial charge in [-0.15, -0.1) is 11.3 Å². The molecule has 0 radical (unpaired) electrons. The largest absolute Gasteiger partial charge is 0.449 e. The maximum absolute atomic E-state index is 12.9. The van der Waals surface area contributed by atoms with Crippen molar-refractivity contribution in [1.82, 2.24) is 5.32 Å². The number of nitrogens with one attached hydrogen (secondary N) is 2. The lowest BCUT2D eigenvalue weighted by atomic mass is 10.1. The Morgan fingerprint density at radius 2 is 1.87 bits per heavy atom. The lowest BCUT2D eigenvalue weighted by Gasteiger charge is -2.14. The van der Waals surface area contributed by atoms with Crippen molar-refractivity contribution in [2.45, 2.75) is 46.1 Å². The normalized spacial score (nSPS) is 14.1. The third-order valence-corrected chi connectivity index (χ3v) is 6.18. The van der Waals surface area contributed by atoms with E-state index in [1.165, 1.54) is 30.4 Å². The fourth-order valence-corrected chi connectivity index (χ4v) is 3.97. The lowest BCUT2D eigenvalue weighted by molar-refractivity contribution is -0.129. The summed E-state index contributed by atoms with van der Waals surface area (Å²) in [6.07, 6.45) is 1.28. The first-order chi connectivity index (χ1) is 14.3. The summed E-state index contributed by atoms with van der Waals surface area (Å²) in [5.74, 6) is -1.43. The topological polar surface area (TPSA) is 84.5 Å². The number of halogens is 1. The van der Waals surface area contributed by atoms with Gasteiger partial charge in [-0.05, 0) is 63.3 Å². The van der Waals surface area contributed by atoms with Crippen LogP contribution in [0.2, 0.25) is 0 Å². The third-order valence-electron chi connectivity index (χ3n) is 5.05. The molecule has 8 heteroatoms. The second-order valence-electron chi connectivity index (χ2n) is 7.47. The number of amides is 2. The lowest BCUT2D eigenvalue weighted by Crippen LogP contribution is -2.37. The number of carbonyl (C=O) groups excluding carboxylic acids is 3. The molecule has 2 amide bonds. The fourth-order valence-electron chi connectivity index (χ4n) is 2.92. The number of ether oxygens (including phenoxy) is 1. The van der Waals surface area contributed by atoms with Crippen LogP contribution >= 0.6 is 11.3 Å². The number of anilines is 1. The zero-order valence-corrected chi connectivity index (χ0v) is 18.0. The van der Waals surface area contributed by atoms with Gasteiger partial charge in [0.25, 0.3) is 5.91 Å². The number of hydrogen-bond donors (Lipinski definition) is 2. The van der Waals surface area contributed by atoms with Gasteiger partial charge in [-0.1, -0.05) is 12.1 Å². The van der Waals surface area contributed by atoms with Crippen LogP contribution in [0.1, 0.15) is 46.1 Å². The molecule has 3 rings (SSSR count). The number of esters is 1. The van der Waals surface area contributed by atoms with Crippen molar-refractivity contribution < 1.29 is 23.5 Å². The van der Waals surface area contributed by atoms with Crippen LogP contribution in [-0.2, 0) is 20.7 Å². The highest BCUT2D eigenvalue weighted by atomic mass is 32.1. The SMILES string of the molecule is Cc1sc(NC(=O)C2CC2)c(C(=O)OC(C)C(=O)NCCc2ccc(F)cc2)c1C. The molecular weight excluding hydrogens is 407 g/mol. The molecule has 160 valence electrons. The van der Waals surface area contributed by atoms with E-state index in [9.17, 15) is 18.8 Å². The summed E-state index contributed by atoms with van der Waals surface area (Å²) in [5.41, 5.74) is 1.93. The zero-order chi connectivity index (χ0) is 21.8. The maximum Gasteiger partial charge on any atom is 0.342 e. The molecule has 0 spiro atoms. The van der Waals surface area contributed by atoms with Gasteiger partial charge in [0.15, 0.2) is 6.10 Å². The molecule has 1 aliphatic carbocycles. The van der Waals surface area contributed by atoms with Crippen molar-refractivity contribution in [2.75, 3.05) is 11.9 Å². The molecule has 1 atom stereocenters. The molecule has 1 aliphatic rings. The highest BCUT2D eigenvalue weighted by molar-refractivity contribution is 7.16. The number of thiophene rings is 1.